The largest absolute Gasteiger partial charge is 0.506 e. The molecular formula is C11H7FN2O2. The van der Waals surface area contributed by atoms with Crippen molar-refractivity contribution in [3.05, 3.63) is 39.4 Å². The summed E-state index contributed by atoms with van der Waals surface area (Å²) in [6.45, 7) is 1.47. The highest BCUT2D eigenvalue weighted by Gasteiger charge is 2.14. The summed E-state index contributed by atoms with van der Waals surface area (Å²) < 4.78 is 13.3. The van der Waals surface area contributed by atoms with Crippen LogP contribution in [0, 0.1) is 24.1 Å². The highest BCUT2D eigenvalue weighted by atomic mass is 19.1. The van der Waals surface area contributed by atoms with E-state index in [1.165, 1.54) is 19.1 Å². The van der Waals surface area contributed by atoms with Gasteiger partial charge in [0.05, 0.1) is 5.52 Å². The monoisotopic (exact) mass is 218 g/mol. The van der Waals surface area contributed by atoms with E-state index in [2.05, 4.69) is 4.98 Å². The Morgan fingerprint density at radius 1 is 1.50 bits per heavy atom. The number of rotatable bonds is 0. The van der Waals surface area contributed by atoms with Crippen LogP contribution in [0.15, 0.2) is 16.9 Å². The maximum absolute atomic E-state index is 13.3. The number of nitriles is 1. The predicted octanol–water partition coefficient (Wildman–Crippen LogP) is 1.55. The molecule has 4 nitrogen and oxygen atoms in total. The lowest BCUT2D eigenvalue weighted by Gasteiger charge is -2.06. The minimum atomic E-state index is -0.682. The van der Waals surface area contributed by atoms with Gasteiger partial charge in [0.1, 0.15) is 17.6 Å². The number of hydrogen-bond donors (Lipinski definition) is 2. The van der Waals surface area contributed by atoms with Gasteiger partial charge in [-0.15, -0.1) is 0 Å². The van der Waals surface area contributed by atoms with Crippen molar-refractivity contribution < 1.29 is 9.50 Å². The Morgan fingerprint density at radius 3 is 2.81 bits per heavy atom. The molecule has 5 heteroatoms. The molecule has 0 radical (unpaired) electrons. The molecule has 2 N–H and O–H groups in total. The van der Waals surface area contributed by atoms with Crippen LogP contribution < -0.4 is 5.56 Å². The van der Waals surface area contributed by atoms with Gasteiger partial charge in [0.25, 0.3) is 5.56 Å². The predicted molar refractivity (Wildman–Crippen MR) is 55.6 cm³/mol. The highest BCUT2D eigenvalue weighted by Crippen LogP contribution is 2.28. The maximum Gasteiger partial charge on any atom is 0.270 e. The first-order valence-electron chi connectivity index (χ1n) is 4.50. The first-order chi connectivity index (χ1) is 7.56. The number of nitrogens with zero attached hydrogens (tertiary/aromatic N) is 1. The molecule has 0 atom stereocenters. The molecular weight excluding hydrogens is 211 g/mol. The van der Waals surface area contributed by atoms with E-state index in [1.54, 1.807) is 6.07 Å². The van der Waals surface area contributed by atoms with Crippen molar-refractivity contribution >= 4 is 10.9 Å². The van der Waals surface area contributed by atoms with Gasteiger partial charge in [-0.1, -0.05) is 0 Å². The summed E-state index contributed by atoms with van der Waals surface area (Å²) in [5.41, 5.74) is -0.581. The number of fused-ring (bicyclic) bond motifs is 1. The Hall–Kier alpha value is -2.35. The fourth-order valence-electron chi connectivity index (χ4n) is 1.62. The minimum Gasteiger partial charge on any atom is -0.506 e. The molecule has 0 amide bonds. The molecule has 80 valence electrons. The number of H-pyrrole nitrogens is 1. The topological polar surface area (TPSA) is 76.9 Å². The van der Waals surface area contributed by atoms with Crippen LogP contribution in [0.3, 0.4) is 0 Å². The molecule has 16 heavy (non-hydrogen) atoms. The number of aryl methyl sites for hydroxylation is 1. The first-order valence-corrected chi connectivity index (χ1v) is 4.50. The van der Waals surface area contributed by atoms with Crippen molar-refractivity contribution in [1.82, 2.24) is 4.98 Å². The van der Waals surface area contributed by atoms with Gasteiger partial charge in [0.2, 0.25) is 0 Å². The van der Waals surface area contributed by atoms with Crippen molar-refractivity contribution in [2.45, 2.75) is 6.92 Å². The Balaban J connectivity index is 3.09. The molecule has 0 aliphatic carbocycles. The zero-order valence-electron chi connectivity index (χ0n) is 8.34. The van der Waals surface area contributed by atoms with Crippen molar-refractivity contribution in [1.29, 1.82) is 5.26 Å². The number of halogens is 1. The van der Waals surface area contributed by atoms with Gasteiger partial charge in [0.15, 0.2) is 5.56 Å². The minimum absolute atomic E-state index is 0.163. The van der Waals surface area contributed by atoms with Crippen molar-refractivity contribution in [2.24, 2.45) is 0 Å². The zero-order valence-corrected chi connectivity index (χ0v) is 8.34. The first kappa shape index (κ1) is 10.2. The van der Waals surface area contributed by atoms with Gasteiger partial charge in [0, 0.05) is 5.39 Å². The second kappa shape index (κ2) is 3.35. The second-order valence-corrected chi connectivity index (χ2v) is 3.38. The lowest BCUT2D eigenvalue weighted by Crippen LogP contribution is -2.10. The van der Waals surface area contributed by atoms with Gasteiger partial charge in [-0.05, 0) is 24.6 Å². The summed E-state index contributed by atoms with van der Waals surface area (Å²) >= 11 is 0. The number of aromatic nitrogens is 1. The van der Waals surface area contributed by atoms with Crippen molar-refractivity contribution in [3.63, 3.8) is 0 Å². The number of aromatic amines is 1. The smallest absolute Gasteiger partial charge is 0.270 e. The van der Waals surface area contributed by atoms with E-state index in [0.29, 0.717) is 5.52 Å². The molecule has 0 saturated heterocycles. The molecule has 2 rings (SSSR count). The van der Waals surface area contributed by atoms with E-state index in [0.717, 1.165) is 0 Å². The van der Waals surface area contributed by atoms with Crippen LogP contribution in [0.2, 0.25) is 0 Å². The summed E-state index contributed by atoms with van der Waals surface area (Å²) in [6, 6.07) is 4.13. The van der Waals surface area contributed by atoms with Gasteiger partial charge in [-0.3, -0.25) is 4.79 Å². The van der Waals surface area contributed by atoms with Crippen LogP contribution in [0.1, 0.15) is 11.1 Å². The number of nitrogens with one attached hydrogen (secondary N) is 1. The van der Waals surface area contributed by atoms with Crippen molar-refractivity contribution in [2.75, 3.05) is 0 Å². The molecule has 2 aromatic rings. The second-order valence-electron chi connectivity index (χ2n) is 3.38. The van der Waals surface area contributed by atoms with Crippen LogP contribution in [0.5, 0.6) is 5.75 Å². The van der Waals surface area contributed by atoms with Crippen molar-refractivity contribution in [3.8, 4) is 11.8 Å². The van der Waals surface area contributed by atoms with Crippen LogP contribution in [0.4, 0.5) is 4.39 Å². The van der Waals surface area contributed by atoms with Crippen LogP contribution in [0.25, 0.3) is 10.9 Å². The molecule has 0 aliphatic rings. The van der Waals surface area contributed by atoms with Crippen LogP contribution in [-0.2, 0) is 0 Å². The summed E-state index contributed by atoms with van der Waals surface area (Å²) in [5.74, 6) is -0.975. The Morgan fingerprint density at radius 2 is 2.19 bits per heavy atom. The molecule has 1 aromatic carbocycles. The van der Waals surface area contributed by atoms with Crippen LogP contribution >= 0.6 is 0 Å². The fraction of sp³-hybridized carbons (Fsp3) is 0.0909. The maximum atomic E-state index is 13.3. The third kappa shape index (κ3) is 1.24. The third-order valence-corrected chi connectivity index (χ3v) is 2.46. The van der Waals surface area contributed by atoms with Gasteiger partial charge in [-0.25, -0.2) is 4.39 Å². The summed E-state index contributed by atoms with van der Waals surface area (Å²) in [6.07, 6.45) is 0. The fourth-order valence-corrected chi connectivity index (χ4v) is 1.62. The normalized spacial score (nSPS) is 10.3. The third-order valence-electron chi connectivity index (χ3n) is 2.46. The molecule has 1 heterocycles. The number of pyridine rings is 1. The molecule has 0 bridgehead atoms. The van der Waals surface area contributed by atoms with E-state index in [-0.39, 0.29) is 10.9 Å². The van der Waals surface area contributed by atoms with E-state index >= 15 is 0 Å². The van der Waals surface area contributed by atoms with E-state index in [4.69, 9.17) is 5.26 Å². The molecule has 0 fully saturated rings. The summed E-state index contributed by atoms with van der Waals surface area (Å²) in [7, 11) is 0. The molecule has 0 aliphatic heterocycles. The number of benzene rings is 1. The van der Waals surface area contributed by atoms with E-state index < -0.39 is 22.7 Å². The van der Waals surface area contributed by atoms with Gasteiger partial charge >= 0.3 is 0 Å². The lowest BCUT2D eigenvalue weighted by atomic mass is 10.1. The molecule has 0 spiro atoms. The Labute approximate surface area is 89.6 Å². The SMILES string of the molecule is Cc1c(F)ccc2[nH]c(=O)c(C#N)c(O)c12. The Kier molecular flexibility index (Phi) is 2.13. The standard InChI is InChI=1S/C11H7FN2O2/c1-5-7(12)2-3-8-9(5)10(15)6(4-13)11(16)14-8/h2-3H,1H3,(H2,14,15,16). The number of aromatic hydroxyl groups is 1. The highest BCUT2D eigenvalue weighted by molar-refractivity contribution is 5.89. The Bertz CT molecular complexity index is 683. The van der Waals surface area contributed by atoms with Gasteiger partial charge < -0.3 is 10.1 Å². The van der Waals surface area contributed by atoms with Gasteiger partial charge in [-0.2, -0.15) is 5.26 Å². The lowest BCUT2D eigenvalue weighted by molar-refractivity contribution is 0.478. The quantitative estimate of drug-likeness (QED) is 0.704. The molecule has 0 unspecified atom stereocenters. The zero-order chi connectivity index (χ0) is 11.9. The van der Waals surface area contributed by atoms with Crippen LogP contribution in [-0.4, -0.2) is 10.1 Å². The summed E-state index contributed by atoms with van der Waals surface area (Å²) in [5, 5.41) is 18.6. The summed E-state index contributed by atoms with van der Waals surface area (Å²) in [4.78, 5) is 13.8. The molecule has 1 aromatic heterocycles. The number of hydrogen-bond acceptors (Lipinski definition) is 3. The average molecular weight is 218 g/mol. The average Bonchev–Trinajstić information content (AvgIpc) is 2.24. The van der Waals surface area contributed by atoms with E-state index in [1.807, 2.05) is 0 Å². The molecule has 0 saturated carbocycles. The van der Waals surface area contributed by atoms with E-state index in [9.17, 15) is 14.3 Å².